The second-order valence-corrected chi connectivity index (χ2v) is 8.63. The van der Waals surface area contributed by atoms with Gasteiger partial charge in [-0.15, -0.1) is 0 Å². The first-order valence-corrected chi connectivity index (χ1v) is 10.9. The molecular weight excluding hydrogens is 515 g/mol. The number of halogens is 5. The molecule has 1 aliphatic carbocycles. The van der Waals surface area contributed by atoms with E-state index in [0.29, 0.717) is 17.1 Å². The standard InChI is InChI=1S/C20H18BrClF3N5O2/c21-13-3-5-15(6-4-13)32-11-29-10-14(9-26-29)27-16(31)7-8-30-18(12-1-2-12)17(22)19(28-30)20(23,24)25/h3-6,9-10,12H,1-2,7-8,11H2,(H,27,31). The molecule has 4 rings (SSSR count). The molecule has 0 radical (unpaired) electrons. The first kappa shape index (κ1) is 22.7. The Labute approximate surface area is 194 Å². The minimum Gasteiger partial charge on any atom is -0.471 e. The molecule has 0 unspecified atom stereocenters. The SMILES string of the molecule is O=C(CCn1nc(C(F)(F)F)c(Cl)c1C1CC1)Nc1cnn(COc2ccc(Br)cc2)c1. The highest BCUT2D eigenvalue weighted by atomic mass is 79.9. The number of benzene rings is 1. The fourth-order valence-corrected chi connectivity index (χ4v) is 3.81. The summed E-state index contributed by atoms with van der Waals surface area (Å²) in [6.45, 7) is 0.141. The van der Waals surface area contributed by atoms with Crippen molar-refractivity contribution in [1.82, 2.24) is 19.6 Å². The zero-order chi connectivity index (χ0) is 22.9. The number of nitrogens with zero attached hydrogens (tertiary/aromatic N) is 4. The van der Waals surface area contributed by atoms with Crippen LogP contribution in [0.25, 0.3) is 0 Å². The number of nitrogens with one attached hydrogen (secondary N) is 1. The minimum atomic E-state index is -4.64. The second kappa shape index (κ2) is 9.14. The quantitative estimate of drug-likeness (QED) is 0.418. The third-order valence-corrected chi connectivity index (χ3v) is 5.71. The van der Waals surface area contributed by atoms with Gasteiger partial charge in [0.05, 0.1) is 35.3 Å². The lowest BCUT2D eigenvalue weighted by atomic mass is 10.2. The average molecular weight is 533 g/mol. The molecule has 32 heavy (non-hydrogen) atoms. The molecular formula is C20H18BrClF3N5O2. The van der Waals surface area contributed by atoms with E-state index in [1.807, 2.05) is 12.1 Å². The van der Waals surface area contributed by atoms with E-state index in [2.05, 4.69) is 31.4 Å². The molecule has 1 amide bonds. The molecule has 2 aromatic heterocycles. The van der Waals surface area contributed by atoms with E-state index in [0.717, 1.165) is 17.3 Å². The third-order valence-electron chi connectivity index (χ3n) is 4.81. The van der Waals surface area contributed by atoms with Crippen molar-refractivity contribution in [2.45, 2.75) is 44.6 Å². The maximum Gasteiger partial charge on any atom is 0.436 e. The topological polar surface area (TPSA) is 74.0 Å². The van der Waals surface area contributed by atoms with Gasteiger partial charge in [0.25, 0.3) is 0 Å². The van der Waals surface area contributed by atoms with Gasteiger partial charge in [-0.25, -0.2) is 4.68 Å². The Hall–Kier alpha value is -2.53. The van der Waals surface area contributed by atoms with E-state index in [1.54, 1.807) is 18.3 Å². The lowest BCUT2D eigenvalue weighted by molar-refractivity contribution is -0.141. The van der Waals surface area contributed by atoms with Gasteiger partial charge in [0, 0.05) is 16.8 Å². The number of rotatable bonds is 8. The van der Waals surface area contributed by atoms with Crippen molar-refractivity contribution in [3.63, 3.8) is 0 Å². The van der Waals surface area contributed by atoms with Crippen LogP contribution < -0.4 is 10.1 Å². The van der Waals surface area contributed by atoms with Crippen LogP contribution in [0.3, 0.4) is 0 Å². The number of alkyl halides is 3. The Morgan fingerprint density at radius 2 is 2.00 bits per heavy atom. The Morgan fingerprint density at radius 3 is 2.66 bits per heavy atom. The van der Waals surface area contributed by atoms with Crippen molar-refractivity contribution in [1.29, 1.82) is 0 Å². The summed E-state index contributed by atoms with van der Waals surface area (Å²) < 4.78 is 48.7. The van der Waals surface area contributed by atoms with Crippen LogP contribution in [-0.2, 0) is 24.2 Å². The van der Waals surface area contributed by atoms with Gasteiger partial charge in [0.15, 0.2) is 12.4 Å². The molecule has 1 N–H and O–H groups in total. The molecule has 1 aliphatic rings. The van der Waals surface area contributed by atoms with Gasteiger partial charge < -0.3 is 10.1 Å². The fraction of sp³-hybridized carbons (Fsp3) is 0.350. The van der Waals surface area contributed by atoms with Crippen LogP contribution in [0.15, 0.2) is 41.1 Å². The van der Waals surface area contributed by atoms with Crippen molar-refractivity contribution < 1.29 is 22.7 Å². The van der Waals surface area contributed by atoms with Crippen molar-refractivity contribution in [3.8, 4) is 5.75 Å². The highest BCUT2D eigenvalue weighted by molar-refractivity contribution is 9.10. The molecule has 7 nitrogen and oxygen atoms in total. The summed E-state index contributed by atoms with van der Waals surface area (Å²) in [5.41, 5.74) is -0.301. The smallest absolute Gasteiger partial charge is 0.436 e. The van der Waals surface area contributed by atoms with Crippen LogP contribution >= 0.6 is 27.5 Å². The van der Waals surface area contributed by atoms with E-state index < -0.39 is 11.9 Å². The monoisotopic (exact) mass is 531 g/mol. The summed E-state index contributed by atoms with van der Waals surface area (Å²) in [5.74, 6) is 0.246. The predicted octanol–water partition coefficient (Wildman–Crippen LogP) is 5.46. The van der Waals surface area contributed by atoms with Crippen LogP contribution in [-0.4, -0.2) is 25.5 Å². The normalized spacial score (nSPS) is 13.9. The molecule has 1 aromatic carbocycles. The van der Waals surface area contributed by atoms with Crippen molar-refractivity contribution in [3.05, 3.63) is 57.5 Å². The van der Waals surface area contributed by atoms with Gasteiger partial charge in [0.1, 0.15) is 5.75 Å². The van der Waals surface area contributed by atoms with Crippen LogP contribution in [0.2, 0.25) is 5.02 Å². The molecule has 3 aromatic rings. The summed E-state index contributed by atoms with van der Waals surface area (Å²) in [6.07, 6.45) is -0.118. The number of hydrogen-bond donors (Lipinski definition) is 1. The largest absolute Gasteiger partial charge is 0.471 e. The molecule has 0 saturated heterocycles. The Bertz CT molecular complexity index is 1110. The van der Waals surface area contributed by atoms with E-state index >= 15 is 0 Å². The first-order valence-electron chi connectivity index (χ1n) is 9.75. The van der Waals surface area contributed by atoms with Gasteiger partial charge >= 0.3 is 6.18 Å². The number of hydrogen-bond acceptors (Lipinski definition) is 4. The summed E-state index contributed by atoms with van der Waals surface area (Å²) in [5, 5.41) is 10.0. The molecule has 0 aliphatic heterocycles. The number of carbonyl (C=O) groups excluding carboxylic acids is 1. The number of carbonyl (C=O) groups is 1. The molecule has 0 atom stereocenters. The summed E-state index contributed by atoms with van der Waals surface area (Å²) in [6, 6.07) is 7.31. The maximum absolute atomic E-state index is 13.1. The van der Waals surface area contributed by atoms with Gasteiger partial charge in [-0.05, 0) is 37.1 Å². The second-order valence-electron chi connectivity index (χ2n) is 7.34. The molecule has 12 heteroatoms. The van der Waals surface area contributed by atoms with Gasteiger partial charge in [-0.3, -0.25) is 9.48 Å². The van der Waals surface area contributed by atoms with E-state index in [1.165, 1.54) is 15.6 Å². The summed E-state index contributed by atoms with van der Waals surface area (Å²) in [4.78, 5) is 12.3. The Kier molecular flexibility index (Phi) is 6.47. The Balaban J connectivity index is 1.32. The fourth-order valence-electron chi connectivity index (χ4n) is 3.15. The van der Waals surface area contributed by atoms with Gasteiger partial charge in [-0.2, -0.15) is 23.4 Å². The van der Waals surface area contributed by atoms with Crippen LogP contribution in [0.4, 0.5) is 18.9 Å². The number of anilines is 1. The zero-order valence-corrected chi connectivity index (χ0v) is 18.9. The average Bonchev–Trinajstić information content (AvgIpc) is 3.37. The van der Waals surface area contributed by atoms with Crippen molar-refractivity contribution in [2.24, 2.45) is 0 Å². The molecule has 0 bridgehead atoms. The maximum atomic E-state index is 13.1. The highest BCUT2D eigenvalue weighted by Gasteiger charge is 2.42. The molecule has 0 spiro atoms. The predicted molar refractivity (Wildman–Crippen MR) is 114 cm³/mol. The molecule has 2 heterocycles. The lowest BCUT2D eigenvalue weighted by Crippen LogP contribution is -2.16. The summed E-state index contributed by atoms with van der Waals surface area (Å²) in [7, 11) is 0. The third kappa shape index (κ3) is 5.44. The van der Waals surface area contributed by atoms with Gasteiger partial charge in [0.2, 0.25) is 5.91 Å². The number of ether oxygens (including phenoxy) is 1. The van der Waals surface area contributed by atoms with Crippen molar-refractivity contribution in [2.75, 3.05) is 5.32 Å². The molecule has 1 fully saturated rings. The Morgan fingerprint density at radius 1 is 1.28 bits per heavy atom. The first-order chi connectivity index (χ1) is 15.2. The lowest BCUT2D eigenvalue weighted by Gasteiger charge is -2.07. The van der Waals surface area contributed by atoms with E-state index in [-0.39, 0.29) is 36.5 Å². The zero-order valence-electron chi connectivity index (χ0n) is 16.6. The molecule has 170 valence electrons. The van der Waals surface area contributed by atoms with Crippen LogP contribution in [0, 0.1) is 0 Å². The van der Waals surface area contributed by atoms with E-state index in [4.69, 9.17) is 16.3 Å². The number of aryl methyl sites for hydroxylation is 1. The number of aromatic nitrogens is 4. The van der Waals surface area contributed by atoms with Crippen LogP contribution in [0.5, 0.6) is 5.75 Å². The highest BCUT2D eigenvalue weighted by Crippen LogP contribution is 2.46. The van der Waals surface area contributed by atoms with Crippen LogP contribution in [0.1, 0.15) is 36.6 Å². The molecule has 1 saturated carbocycles. The van der Waals surface area contributed by atoms with Gasteiger partial charge in [-0.1, -0.05) is 27.5 Å². The van der Waals surface area contributed by atoms with Crippen molar-refractivity contribution >= 4 is 39.1 Å². The summed E-state index contributed by atoms with van der Waals surface area (Å²) >= 11 is 9.30. The minimum absolute atomic E-state index is 0.00567. The van der Waals surface area contributed by atoms with E-state index in [9.17, 15) is 18.0 Å². The number of amides is 1.